The highest BCUT2D eigenvalue weighted by molar-refractivity contribution is 5.87. The van der Waals surface area contributed by atoms with Crippen LogP contribution >= 0.6 is 0 Å². The number of Topliss-reactive ketones (excluding diaryl/α,β-unsaturated/α-hetero) is 1. The van der Waals surface area contributed by atoms with Gasteiger partial charge in [0.25, 0.3) is 0 Å². The molecule has 4 heteroatoms. The van der Waals surface area contributed by atoms with E-state index in [4.69, 9.17) is 5.26 Å². The van der Waals surface area contributed by atoms with E-state index < -0.39 is 0 Å². The topological polar surface area (TPSA) is 58.7 Å². The SMILES string of the molecule is C[C@H]1CC[C@@H]2C3CC[C@]4(C)[C@@H](C(=O)Cn5cc(C#N)cn5)C5=C[C@H]5[C@H]4[C@@H]3CC[C@@H]2C1. The summed E-state index contributed by atoms with van der Waals surface area (Å²) in [7, 11) is 0. The number of nitrogens with zero attached hydrogens (tertiary/aromatic N) is 3. The van der Waals surface area contributed by atoms with E-state index in [9.17, 15) is 4.79 Å². The third-order valence-corrected chi connectivity index (χ3v) is 9.94. The summed E-state index contributed by atoms with van der Waals surface area (Å²) in [5, 5.41) is 13.3. The molecule has 6 rings (SSSR count). The van der Waals surface area contributed by atoms with Crippen LogP contribution in [0, 0.1) is 64.1 Å². The Bertz CT molecular complexity index is 954. The Labute approximate surface area is 179 Å². The predicted octanol–water partition coefficient (Wildman–Crippen LogP) is 5.00. The summed E-state index contributed by atoms with van der Waals surface area (Å²) >= 11 is 0. The molecule has 0 saturated heterocycles. The molecular formula is C26H33N3O. The summed E-state index contributed by atoms with van der Waals surface area (Å²) in [5.74, 6) is 6.25. The van der Waals surface area contributed by atoms with Gasteiger partial charge in [0, 0.05) is 18.0 Å². The van der Waals surface area contributed by atoms with E-state index in [0.717, 1.165) is 29.6 Å². The van der Waals surface area contributed by atoms with Crippen molar-refractivity contribution in [2.75, 3.05) is 0 Å². The Morgan fingerprint density at radius 1 is 1.23 bits per heavy atom. The van der Waals surface area contributed by atoms with Crippen LogP contribution in [0.4, 0.5) is 0 Å². The molecule has 4 saturated carbocycles. The zero-order chi connectivity index (χ0) is 20.6. The zero-order valence-corrected chi connectivity index (χ0v) is 18.3. The van der Waals surface area contributed by atoms with Crippen molar-refractivity contribution < 1.29 is 4.79 Å². The van der Waals surface area contributed by atoms with Crippen LogP contribution in [0.15, 0.2) is 24.0 Å². The fourth-order valence-corrected chi connectivity index (χ4v) is 8.83. The maximum Gasteiger partial charge on any atom is 0.161 e. The molecule has 9 atom stereocenters. The van der Waals surface area contributed by atoms with E-state index in [2.05, 4.69) is 31.1 Å². The molecule has 158 valence electrons. The fraction of sp³-hybridized carbons (Fsp3) is 0.731. The standard InChI is InChI=1S/C26H33N3O/c1-15-3-5-18-17(9-15)4-6-20-19(18)7-8-26(2)24(20)21-10-22(21)25(26)23(30)14-29-13-16(11-27)12-28-29/h10,12-13,15,17-21,24-25H,3-9,14H2,1-2H3/t15-,17+,18-,19?,20+,21+,24+,25+,26-/m0/s1. The molecule has 1 unspecified atom stereocenters. The highest BCUT2D eigenvalue weighted by Crippen LogP contribution is 2.71. The van der Waals surface area contributed by atoms with Crippen molar-refractivity contribution in [3.05, 3.63) is 29.6 Å². The summed E-state index contributed by atoms with van der Waals surface area (Å²) < 4.78 is 1.66. The lowest BCUT2D eigenvalue weighted by molar-refractivity contribution is -0.130. The smallest absolute Gasteiger partial charge is 0.161 e. The zero-order valence-electron chi connectivity index (χ0n) is 18.3. The summed E-state index contributed by atoms with van der Waals surface area (Å²) in [5.41, 5.74) is 2.11. The Morgan fingerprint density at radius 3 is 2.87 bits per heavy atom. The third-order valence-electron chi connectivity index (χ3n) is 9.94. The van der Waals surface area contributed by atoms with E-state index in [1.165, 1.54) is 50.5 Å². The van der Waals surface area contributed by atoms with Crippen molar-refractivity contribution >= 4 is 5.78 Å². The molecule has 0 aliphatic heterocycles. The second kappa shape index (κ2) is 6.55. The molecule has 1 aromatic heterocycles. The monoisotopic (exact) mass is 403 g/mol. The van der Waals surface area contributed by atoms with Gasteiger partial charge in [-0.2, -0.15) is 10.4 Å². The summed E-state index contributed by atoms with van der Waals surface area (Å²) in [6.07, 6.45) is 15.4. The number of aromatic nitrogens is 2. The highest BCUT2D eigenvalue weighted by Gasteiger charge is 2.66. The molecule has 5 aliphatic carbocycles. The molecule has 0 aromatic carbocycles. The maximum atomic E-state index is 13.4. The van der Waals surface area contributed by atoms with Crippen molar-refractivity contribution in [3.8, 4) is 6.07 Å². The fourth-order valence-electron chi connectivity index (χ4n) is 8.83. The summed E-state index contributed by atoms with van der Waals surface area (Å²) in [4.78, 5) is 13.4. The van der Waals surface area contributed by atoms with Gasteiger partial charge in [-0.1, -0.05) is 31.9 Å². The lowest BCUT2D eigenvalue weighted by Crippen LogP contribution is -2.50. The van der Waals surface area contributed by atoms with Crippen LogP contribution < -0.4 is 0 Å². The van der Waals surface area contributed by atoms with Crippen LogP contribution in [0.2, 0.25) is 0 Å². The first-order valence-corrected chi connectivity index (χ1v) is 12.2. The van der Waals surface area contributed by atoms with Crippen LogP contribution in [0.5, 0.6) is 0 Å². The van der Waals surface area contributed by atoms with Crippen LogP contribution in [0.25, 0.3) is 0 Å². The Kier molecular flexibility index (Phi) is 4.12. The second-order valence-electron chi connectivity index (χ2n) is 11.4. The van der Waals surface area contributed by atoms with Gasteiger partial charge >= 0.3 is 0 Å². The minimum absolute atomic E-state index is 0.0762. The summed E-state index contributed by atoms with van der Waals surface area (Å²) in [6.45, 7) is 5.19. The average molecular weight is 404 g/mol. The van der Waals surface area contributed by atoms with Gasteiger partial charge in [-0.3, -0.25) is 9.48 Å². The number of fused-ring (bicyclic) bond motifs is 7. The first-order valence-electron chi connectivity index (χ1n) is 12.2. The minimum atomic E-state index is 0.0762. The van der Waals surface area contributed by atoms with Gasteiger partial charge in [0.05, 0.1) is 11.8 Å². The first-order chi connectivity index (χ1) is 14.5. The molecule has 30 heavy (non-hydrogen) atoms. The van der Waals surface area contributed by atoms with Gasteiger partial charge in [-0.15, -0.1) is 0 Å². The van der Waals surface area contributed by atoms with Gasteiger partial charge < -0.3 is 0 Å². The quantitative estimate of drug-likeness (QED) is 0.667. The van der Waals surface area contributed by atoms with Gasteiger partial charge in [0.15, 0.2) is 5.78 Å². The van der Waals surface area contributed by atoms with Crippen LogP contribution in [-0.2, 0) is 11.3 Å². The van der Waals surface area contributed by atoms with Crippen molar-refractivity contribution in [1.82, 2.24) is 9.78 Å². The molecule has 0 amide bonds. The van der Waals surface area contributed by atoms with E-state index >= 15 is 0 Å². The van der Waals surface area contributed by atoms with Crippen LogP contribution in [0.1, 0.15) is 64.4 Å². The van der Waals surface area contributed by atoms with Crippen LogP contribution in [0.3, 0.4) is 0 Å². The molecule has 5 aliphatic rings. The number of rotatable bonds is 3. The predicted molar refractivity (Wildman–Crippen MR) is 114 cm³/mol. The first kappa shape index (κ1) is 18.8. The number of hydrogen-bond donors (Lipinski definition) is 0. The molecule has 0 radical (unpaired) electrons. The Morgan fingerprint density at radius 2 is 2.07 bits per heavy atom. The molecule has 1 aromatic rings. The lowest BCUT2D eigenvalue weighted by atomic mass is 9.48. The van der Waals surface area contributed by atoms with E-state index in [1.54, 1.807) is 17.1 Å². The molecule has 1 heterocycles. The minimum Gasteiger partial charge on any atom is -0.297 e. The average Bonchev–Trinajstić information content (AvgIpc) is 3.24. The van der Waals surface area contributed by atoms with Gasteiger partial charge in [0.1, 0.15) is 12.6 Å². The van der Waals surface area contributed by atoms with E-state index in [0.29, 0.717) is 29.7 Å². The Balaban J connectivity index is 1.24. The number of hydrogen-bond acceptors (Lipinski definition) is 3. The Hall–Kier alpha value is -1.89. The highest BCUT2D eigenvalue weighted by atomic mass is 16.1. The van der Waals surface area contributed by atoms with Crippen molar-refractivity contribution in [2.45, 2.75) is 65.3 Å². The van der Waals surface area contributed by atoms with Crippen LogP contribution in [-0.4, -0.2) is 15.6 Å². The van der Waals surface area contributed by atoms with Gasteiger partial charge in [0.2, 0.25) is 0 Å². The number of ketones is 1. The largest absolute Gasteiger partial charge is 0.297 e. The number of allylic oxidation sites excluding steroid dienone is 2. The third kappa shape index (κ3) is 2.63. The molecule has 0 bridgehead atoms. The number of carbonyl (C=O) groups excluding carboxylic acids is 1. The molecular weight excluding hydrogens is 370 g/mol. The van der Waals surface area contributed by atoms with Crippen molar-refractivity contribution in [3.63, 3.8) is 0 Å². The normalized spacial score (nSPS) is 46.0. The molecule has 4 nitrogen and oxygen atoms in total. The second-order valence-corrected chi connectivity index (χ2v) is 11.4. The van der Waals surface area contributed by atoms with E-state index in [1.807, 2.05) is 0 Å². The van der Waals surface area contributed by atoms with Gasteiger partial charge in [-0.25, -0.2) is 0 Å². The van der Waals surface area contributed by atoms with E-state index in [-0.39, 0.29) is 11.3 Å². The van der Waals surface area contributed by atoms with Crippen molar-refractivity contribution in [1.29, 1.82) is 5.26 Å². The number of carbonyl (C=O) groups is 1. The molecule has 0 N–H and O–H groups in total. The molecule has 0 spiro atoms. The van der Waals surface area contributed by atoms with Gasteiger partial charge in [-0.05, 0) is 79.4 Å². The summed E-state index contributed by atoms with van der Waals surface area (Å²) in [6, 6.07) is 2.11. The molecule has 4 fully saturated rings. The van der Waals surface area contributed by atoms with Crippen molar-refractivity contribution in [2.24, 2.45) is 52.8 Å². The number of nitriles is 1. The lowest BCUT2D eigenvalue weighted by Gasteiger charge is -2.56. The maximum absolute atomic E-state index is 13.4.